The average molecular weight is 385 g/mol. The Morgan fingerprint density at radius 1 is 1.14 bits per heavy atom. The van der Waals surface area contributed by atoms with Crippen molar-refractivity contribution in [3.63, 3.8) is 0 Å². The average Bonchev–Trinajstić information content (AvgIpc) is 2.93. The number of amides is 2. The number of hydrogen-bond acceptors (Lipinski definition) is 5. The number of carbonyl (C=O) groups is 3. The van der Waals surface area contributed by atoms with Crippen LogP contribution < -0.4 is 10.6 Å². The van der Waals surface area contributed by atoms with Gasteiger partial charge in [-0.2, -0.15) is 0 Å². The van der Waals surface area contributed by atoms with Gasteiger partial charge in [0.1, 0.15) is 6.61 Å². The van der Waals surface area contributed by atoms with E-state index in [0.29, 0.717) is 5.56 Å². The predicted molar refractivity (Wildman–Crippen MR) is 103 cm³/mol. The molecule has 2 aromatic rings. The van der Waals surface area contributed by atoms with Crippen molar-refractivity contribution in [3.05, 3.63) is 46.3 Å². The molecule has 2 heterocycles. The van der Waals surface area contributed by atoms with Crippen LogP contribution >= 0.6 is 0 Å². The molecular weight excluding hydrogens is 362 g/mol. The molecule has 1 aliphatic heterocycles. The summed E-state index contributed by atoms with van der Waals surface area (Å²) in [5.41, 5.74) is 3.90. The highest BCUT2D eigenvalue weighted by Crippen LogP contribution is 2.23. The highest BCUT2D eigenvalue weighted by molar-refractivity contribution is 5.97. The van der Waals surface area contributed by atoms with Gasteiger partial charge in [0.15, 0.2) is 0 Å². The summed E-state index contributed by atoms with van der Waals surface area (Å²) in [6.45, 7) is 7.26. The minimum Gasteiger partial charge on any atom is -0.463 e. The van der Waals surface area contributed by atoms with Gasteiger partial charge in [0.05, 0.1) is 29.5 Å². The number of benzene rings is 1. The second kappa shape index (κ2) is 7.75. The maximum atomic E-state index is 12.5. The van der Waals surface area contributed by atoms with Crippen molar-refractivity contribution >= 4 is 28.9 Å². The smallest absolute Gasteiger partial charge is 0.338 e. The third-order valence-electron chi connectivity index (χ3n) is 4.76. The number of ether oxygens (including phenoxy) is 2. The lowest BCUT2D eigenvalue weighted by atomic mass is 10.0. The molecule has 8 heteroatoms. The summed E-state index contributed by atoms with van der Waals surface area (Å²) in [7, 11) is 0. The molecule has 1 aliphatic rings. The maximum Gasteiger partial charge on any atom is 0.338 e. The molecule has 1 aromatic carbocycles. The Morgan fingerprint density at radius 3 is 2.61 bits per heavy atom. The molecule has 8 nitrogen and oxygen atoms in total. The molecule has 1 aromatic heterocycles. The molecule has 0 fully saturated rings. The molecule has 0 saturated carbocycles. The standard InChI is InChI=1S/C20H23N3O5/c1-5-27-19(25)17-12(4)22-20(26)23-16(17)9-28-18(24)13-6-7-15-14(8-13)10(2)11(3)21-15/h6-8,12,21H,5,9H2,1-4H3,(H2,22,23,26)/t12-/m1/s1. The van der Waals surface area contributed by atoms with Crippen molar-refractivity contribution < 1.29 is 23.9 Å². The fourth-order valence-corrected chi connectivity index (χ4v) is 3.20. The lowest BCUT2D eigenvalue weighted by Gasteiger charge is -2.26. The Hall–Kier alpha value is -3.29. The minimum atomic E-state index is -0.562. The van der Waals surface area contributed by atoms with E-state index in [1.165, 1.54) is 0 Å². The Kier molecular flexibility index (Phi) is 5.39. The lowest BCUT2D eigenvalue weighted by Crippen LogP contribution is -2.50. The fourth-order valence-electron chi connectivity index (χ4n) is 3.20. The quantitative estimate of drug-likeness (QED) is 0.685. The lowest BCUT2D eigenvalue weighted by molar-refractivity contribution is -0.139. The Morgan fingerprint density at radius 2 is 1.89 bits per heavy atom. The van der Waals surface area contributed by atoms with Gasteiger partial charge < -0.3 is 25.1 Å². The van der Waals surface area contributed by atoms with Crippen LogP contribution in [0.4, 0.5) is 4.79 Å². The number of nitrogens with one attached hydrogen (secondary N) is 3. The van der Waals surface area contributed by atoms with Crippen LogP contribution in [0.3, 0.4) is 0 Å². The fraction of sp³-hybridized carbons (Fsp3) is 0.350. The summed E-state index contributed by atoms with van der Waals surface area (Å²) < 4.78 is 10.4. The number of aromatic amines is 1. The van der Waals surface area contributed by atoms with Crippen LogP contribution in [0.5, 0.6) is 0 Å². The third-order valence-corrected chi connectivity index (χ3v) is 4.76. The molecular formula is C20H23N3O5. The third kappa shape index (κ3) is 3.71. The molecule has 0 radical (unpaired) electrons. The zero-order valence-corrected chi connectivity index (χ0v) is 16.3. The van der Waals surface area contributed by atoms with Crippen molar-refractivity contribution in [2.75, 3.05) is 13.2 Å². The highest BCUT2D eigenvalue weighted by atomic mass is 16.5. The summed E-state index contributed by atoms with van der Waals surface area (Å²) in [5, 5.41) is 6.07. The number of hydrogen-bond donors (Lipinski definition) is 3. The molecule has 0 aliphatic carbocycles. The molecule has 28 heavy (non-hydrogen) atoms. The van der Waals surface area contributed by atoms with Crippen LogP contribution in [0.15, 0.2) is 29.5 Å². The van der Waals surface area contributed by atoms with E-state index in [2.05, 4.69) is 15.6 Å². The van der Waals surface area contributed by atoms with E-state index in [9.17, 15) is 14.4 Å². The number of rotatable bonds is 5. The number of carbonyl (C=O) groups excluding carboxylic acids is 3. The number of esters is 2. The number of fused-ring (bicyclic) bond motifs is 1. The summed E-state index contributed by atoms with van der Waals surface area (Å²) in [5.74, 6) is -1.11. The molecule has 148 valence electrons. The first-order valence-corrected chi connectivity index (χ1v) is 9.05. The molecule has 0 spiro atoms. The van der Waals surface area contributed by atoms with E-state index in [1.807, 2.05) is 19.9 Å². The molecule has 0 bridgehead atoms. The van der Waals surface area contributed by atoms with Crippen LogP contribution in [-0.4, -0.2) is 42.2 Å². The summed E-state index contributed by atoms with van der Waals surface area (Å²) in [6.07, 6.45) is 0. The topological polar surface area (TPSA) is 110 Å². The number of H-pyrrole nitrogens is 1. The summed E-state index contributed by atoms with van der Waals surface area (Å²) in [4.78, 5) is 39.7. The van der Waals surface area contributed by atoms with Crippen LogP contribution in [0.1, 0.15) is 35.5 Å². The summed E-state index contributed by atoms with van der Waals surface area (Å²) >= 11 is 0. The largest absolute Gasteiger partial charge is 0.463 e. The normalized spacial score (nSPS) is 16.6. The SMILES string of the molecule is CCOC(=O)C1=C(COC(=O)c2ccc3[nH]c(C)c(C)c3c2)NC(=O)N[C@@H]1C. The van der Waals surface area contributed by atoms with Crippen LogP contribution in [-0.2, 0) is 14.3 Å². The van der Waals surface area contributed by atoms with Gasteiger partial charge in [-0.15, -0.1) is 0 Å². The number of urea groups is 1. The van der Waals surface area contributed by atoms with Gasteiger partial charge in [-0.3, -0.25) is 0 Å². The number of aryl methyl sites for hydroxylation is 2. The van der Waals surface area contributed by atoms with Crippen molar-refractivity contribution in [1.29, 1.82) is 0 Å². The first-order valence-electron chi connectivity index (χ1n) is 9.05. The monoisotopic (exact) mass is 385 g/mol. The van der Waals surface area contributed by atoms with E-state index in [0.717, 1.165) is 22.2 Å². The van der Waals surface area contributed by atoms with Gasteiger partial charge in [0.2, 0.25) is 0 Å². The van der Waals surface area contributed by atoms with E-state index in [-0.39, 0.29) is 24.5 Å². The van der Waals surface area contributed by atoms with E-state index in [4.69, 9.17) is 9.47 Å². The first kappa shape index (κ1) is 19.5. The van der Waals surface area contributed by atoms with Crippen LogP contribution in [0.25, 0.3) is 10.9 Å². The van der Waals surface area contributed by atoms with Crippen molar-refractivity contribution in [2.24, 2.45) is 0 Å². The second-order valence-corrected chi connectivity index (χ2v) is 6.64. The van der Waals surface area contributed by atoms with Gasteiger partial charge in [0.25, 0.3) is 0 Å². The van der Waals surface area contributed by atoms with Gasteiger partial charge in [-0.05, 0) is 51.5 Å². The van der Waals surface area contributed by atoms with Gasteiger partial charge in [0, 0.05) is 16.6 Å². The molecule has 3 rings (SSSR count). The van der Waals surface area contributed by atoms with E-state index < -0.39 is 24.0 Å². The molecule has 3 N–H and O–H groups in total. The zero-order chi connectivity index (χ0) is 20.4. The highest BCUT2D eigenvalue weighted by Gasteiger charge is 2.30. The Bertz CT molecular complexity index is 989. The van der Waals surface area contributed by atoms with E-state index in [1.54, 1.807) is 26.0 Å². The second-order valence-electron chi connectivity index (χ2n) is 6.64. The maximum absolute atomic E-state index is 12.5. The van der Waals surface area contributed by atoms with E-state index >= 15 is 0 Å². The molecule has 0 saturated heterocycles. The molecule has 2 amide bonds. The van der Waals surface area contributed by atoms with Crippen LogP contribution in [0.2, 0.25) is 0 Å². The predicted octanol–water partition coefficient (Wildman–Crippen LogP) is 2.46. The Labute approximate surface area is 162 Å². The van der Waals surface area contributed by atoms with Crippen molar-refractivity contribution in [2.45, 2.75) is 33.7 Å². The van der Waals surface area contributed by atoms with Crippen molar-refractivity contribution in [1.82, 2.24) is 15.6 Å². The van der Waals surface area contributed by atoms with Crippen LogP contribution in [0, 0.1) is 13.8 Å². The first-order chi connectivity index (χ1) is 13.3. The minimum absolute atomic E-state index is 0.200. The Balaban J connectivity index is 1.81. The summed E-state index contributed by atoms with van der Waals surface area (Å²) in [6, 6.07) is 4.24. The zero-order valence-electron chi connectivity index (χ0n) is 16.3. The van der Waals surface area contributed by atoms with Gasteiger partial charge in [-0.25, -0.2) is 14.4 Å². The van der Waals surface area contributed by atoms with Gasteiger partial charge in [-0.1, -0.05) is 0 Å². The van der Waals surface area contributed by atoms with Gasteiger partial charge >= 0.3 is 18.0 Å². The van der Waals surface area contributed by atoms with Crippen molar-refractivity contribution in [3.8, 4) is 0 Å². The molecule has 0 unspecified atom stereocenters. The number of aromatic nitrogens is 1. The molecule has 1 atom stereocenters.